The summed E-state index contributed by atoms with van der Waals surface area (Å²) in [5.74, 6) is -2.40. The summed E-state index contributed by atoms with van der Waals surface area (Å²) in [6, 6.07) is 0.446. The molecular weight excluding hydrogens is 220 g/mol. The van der Waals surface area contributed by atoms with Crippen LogP contribution < -0.4 is 5.32 Å². The monoisotopic (exact) mass is 243 g/mol. The van der Waals surface area contributed by atoms with E-state index in [1.807, 2.05) is 0 Å². The summed E-state index contributed by atoms with van der Waals surface area (Å²) >= 11 is 0. The first-order valence-electron chi connectivity index (χ1n) is 6.60. The zero-order chi connectivity index (χ0) is 12.7. The van der Waals surface area contributed by atoms with Crippen LogP contribution in [0.4, 0.5) is 8.78 Å². The summed E-state index contributed by atoms with van der Waals surface area (Å²) in [7, 11) is 0. The maximum atomic E-state index is 12.7. The fourth-order valence-corrected chi connectivity index (χ4v) is 2.78. The summed E-state index contributed by atoms with van der Waals surface area (Å²) < 4.78 is 25.4. The van der Waals surface area contributed by atoms with Gasteiger partial charge in [0, 0.05) is 24.9 Å². The number of hydrogen-bond donors (Lipinski definition) is 1. The number of alkyl halides is 2. The van der Waals surface area contributed by atoms with Gasteiger partial charge in [-0.15, -0.1) is 0 Å². The highest BCUT2D eigenvalue weighted by Crippen LogP contribution is 2.39. The molecule has 1 nitrogen and oxygen atoms in total. The van der Waals surface area contributed by atoms with E-state index >= 15 is 0 Å². The third-order valence-electron chi connectivity index (χ3n) is 3.94. The Kier molecular flexibility index (Phi) is 3.32. The lowest BCUT2D eigenvalue weighted by Crippen LogP contribution is -2.52. The van der Waals surface area contributed by atoms with Crippen molar-refractivity contribution in [3.05, 3.63) is 11.6 Å². The summed E-state index contributed by atoms with van der Waals surface area (Å²) in [5.41, 5.74) is 1.77. The van der Waals surface area contributed by atoms with Gasteiger partial charge in [-0.3, -0.25) is 0 Å². The number of nitrogens with one attached hydrogen (secondary N) is 1. The zero-order valence-electron chi connectivity index (χ0n) is 11.0. The van der Waals surface area contributed by atoms with Gasteiger partial charge in [0.2, 0.25) is 0 Å². The minimum Gasteiger partial charge on any atom is -0.310 e. The van der Waals surface area contributed by atoms with Gasteiger partial charge in [0.1, 0.15) is 0 Å². The van der Waals surface area contributed by atoms with Crippen molar-refractivity contribution >= 4 is 0 Å². The van der Waals surface area contributed by atoms with E-state index in [2.05, 4.69) is 32.2 Å². The van der Waals surface area contributed by atoms with E-state index in [1.54, 1.807) is 0 Å². The van der Waals surface area contributed by atoms with Crippen LogP contribution in [0.5, 0.6) is 0 Å². The van der Waals surface area contributed by atoms with Crippen LogP contribution in [0.1, 0.15) is 52.9 Å². The second kappa shape index (κ2) is 4.34. The van der Waals surface area contributed by atoms with E-state index in [0.717, 1.165) is 19.3 Å². The molecule has 0 amide bonds. The van der Waals surface area contributed by atoms with Crippen LogP contribution in [-0.2, 0) is 0 Å². The smallest absolute Gasteiger partial charge is 0.251 e. The Labute approximate surface area is 103 Å². The van der Waals surface area contributed by atoms with E-state index < -0.39 is 5.92 Å². The topological polar surface area (TPSA) is 12.0 Å². The van der Waals surface area contributed by atoms with Crippen molar-refractivity contribution in [1.82, 2.24) is 5.32 Å². The molecular formula is C14H23F2N. The maximum absolute atomic E-state index is 12.7. The van der Waals surface area contributed by atoms with Crippen molar-refractivity contribution in [3.63, 3.8) is 0 Å². The van der Waals surface area contributed by atoms with Crippen molar-refractivity contribution in [1.29, 1.82) is 0 Å². The van der Waals surface area contributed by atoms with Crippen molar-refractivity contribution in [2.45, 2.75) is 70.9 Å². The largest absolute Gasteiger partial charge is 0.310 e. The molecule has 2 aliphatic rings. The Morgan fingerprint density at radius 3 is 2.29 bits per heavy atom. The average molecular weight is 243 g/mol. The van der Waals surface area contributed by atoms with Crippen LogP contribution in [0.15, 0.2) is 11.6 Å². The van der Waals surface area contributed by atoms with Crippen LogP contribution >= 0.6 is 0 Å². The molecule has 0 radical (unpaired) electrons. The van der Waals surface area contributed by atoms with Crippen LogP contribution in [0.3, 0.4) is 0 Å². The van der Waals surface area contributed by atoms with Crippen LogP contribution in [-0.4, -0.2) is 18.0 Å². The molecule has 1 unspecified atom stereocenters. The molecule has 1 saturated carbocycles. The zero-order valence-corrected chi connectivity index (χ0v) is 11.0. The molecule has 17 heavy (non-hydrogen) atoms. The number of rotatable bonds is 2. The lowest BCUT2D eigenvalue weighted by molar-refractivity contribution is -0.0949. The molecule has 2 aliphatic carbocycles. The van der Waals surface area contributed by atoms with Gasteiger partial charge in [0.05, 0.1) is 0 Å². The Morgan fingerprint density at radius 2 is 1.88 bits per heavy atom. The first-order chi connectivity index (χ1) is 7.76. The molecule has 1 fully saturated rings. The van der Waals surface area contributed by atoms with Crippen LogP contribution in [0, 0.1) is 5.41 Å². The van der Waals surface area contributed by atoms with Gasteiger partial charge in [0.25, 0.3) is 5.92 Å². The van der Waals surface area contributed by atoms with Crippen molar-refractivity contribution in [3.8, 4) is 0 Å². The van der Waals surface area contributed by atoms with Gasteiger partial charge in [-0.2, -0.15) is 0 Å². The van der Waals surface area contributed by atoms with Gasteiger partial charge < -0.3 is 5.32 Å². The third kappa shape index (κ3) is 3.27. The van der Waals surface area contributed by atoms with Gasteiger partial charge in [-0.05, 0) is 24.7 Å². The molecule has 1 N–H and O–H groups in total. The predicted molar refractivity (Wildman–Crippen MR) is 66.3 cm³/mol. The van der Waals surface area contributed by atoms with E-state index in [0.29, 0.717) is 6.04 Å². The van der Waals surface area contributed by atoms with Gasteiger partial charge in [-0.1, -0.05) is 32.4 Å². The molecule has 0 aromatic rings. The first kappa shape index (κ1) is 13.0. The molecule has 98 valence electrons. The fraction of sp³-hybridized carbons (Fsp3) is 0.857. The second-order valence-electron chi connectivity index (χ2n) is 6.58. The molecule has 3 heteroatoms. The van der Waals surface area contributed by atoms with Crippen molar-refractivity contribution < 1.29 is 8.78 Å². The Morgan fingerprint density at radius 1 is 1.24 bits per heavy atom. The summed E-state index contributed by atoms with van der Waals surface area (Å²) in [6.45, 7) is 6.71. The van der Waals surface area contributed by atoms with E-state index in [9.17, 15) is 8.78 Å². The van der Waals surface area contributed by atoms with E-state index in [4.69, 9.17) is 0 Å². The summed E-state index contributed by atoms with van der Waals surface area (Å²) in [6.07, 6.45) is 5.54. The Bertz CT molecular complexity index is 307. The molecule has 0 aromatic heterocycles. The number of allylic oxidation sites excluding steroid dienone is 1. The highest BCUT2D eigenvalue weighted by Gasteiger charge is 2.45. The van der Waals surface area contributed by atoms with E-state index in [-0.39, 0.29) is 24.3 Å². The normalized spacial score (nSPS) is 29.7. The predicted octanol–water partition coefficient (Wildman–Crippen LogP) is 3.90. The highest BCUT2D eigenvalue weighted by molar-refractivity contribution is 5.15. The SMILES string of the molecule is CC(C)(C)C1=CCC(NC2CC(F)(F)C2)CC1. The second-order valence-corrected chi connectivity index (χ2v) is 6.58. The first-order valence-corrected chi connectivity index (χ1v) is 6.60. The minimum atomic E-state index is -2.40. The quantitative estimate of drug-likeness (QED) is 0.725. The van der Waals surface area contributed by atoms with Gasteiger partial charge in [0.15, 0.2) is 0 Å². The molecule has 1 atom stereocenters. The maximum Gasteiger partial charge on any atom is 0.251 e. The average Bonchev–Trinajstić information content (AvgIpc) is 2.14. The minimum absolute atomic E-state index is 0.0271. The third-order valence-corrected chi connectivity index (χ3v) is 3.94. The highest BCUT2D eigenvalue weighted by atomic mass is 19.3. The van der Waals surface area contributed by atoms with Crippen molar-refractivity contribution in [2.75, 3.05) is 0 Å². The van der Waals surface area contributed by atoms with Gasteiger partial charge >= 0.3 is 0 Å². The summed E-state index contributed by atoms with van der Waals surface area (Å²) in [4.78, 5) is 0. The fourth-order valence-electron chi connectivity index (χ4n) is 2.78. The van der Waals surface area contributed by atoms with Gasteiger partial charge in [-0.25, -0.2) is 8.78 Å². The standard InChI is InChI=1S/C14H23F2N/c1-13(2,3)10-4-6-11(7-5-10)17-12-8-14(15,16)9-12/h4,11-12,17H,5-9H2,1-3H3. The molecule has 0 saturated heterocycles. The van der Waals surface area contributed by atoms with Crippen LogP contribution in [0.2, 0.25) is 0 Å². The molecule has 0 aliphatic heterocycles. The number of hydrogen-bond acceptors (Lipinski definition) is 1. The molecule has 2 rings (SSSR count). The molecule has 0 spiro atoms. The summed E-state index contributed by atoms with van der Waals surface area (Å²) in [5, 5.41) is 3.36. The molecule has 0 aromatic carbocycles. The lowest BCUT2D eigenvalue weighted by Gasteiger charge is -2.39. The Hall–Kier alpha value is -0.440. The molecule has 0 bridgehead atoms. The lowest BCUT2D eigenvalue weighted by atomic mass is 9.78. The Balaban J connectivity index is 1.78. The molecule has 0 heterocycles. The number of halogens is 2. The van der Waals surface area contributed by atoms with Crippen LogP contribution in [0.25, 0.3) is 0 Å². The van der Waals surface area contributed by atoms with E-state index in [1.165, 1.54) is 5.57 Å². The van der Waals surface area contributed by atoms with Crippen molar-refractivity contribution in [2.24, 2.45) is 5.41 Å².